The SMILES string of the molecule is NCc1cc(Br)cc(S(=O)(=O)Nc2ccccc2)c1F. The highest BCUT2D eigenvalue weighted by Crippen LogP contribution is 2.25. The fourth-order valence-corrected chi connectivity index (χ4v) is 3.54. The van der Waals surface area contributed by atoms with E-state index in [-0.39, 0.29) is 12.1 Å². The molecule has 2 aromatic carbocycles. The van der Waals surface area contributed by atoms with Crippen LogP contribution in [0.3, 0.4) is 0 Å². The second-order valence-electron chi connectivity index (χ2n) is 4.05. The minimum atomic E-state index is -4.01. The molecule has 0 saturated heterocycles. The lowest BCUT2D eigenvalue weighted by Gasteiger charge is -2.11. The van der Waals surface area contributed by atoms with Crippen LogP contribution in [-0.2, 0) is 16.6 Å². The van der Waals surface area contributed by atoms with E-state index >= 15 is 0 Å². The van der Waals surface area contributed by atoms with E-state index in [2.05, 4.69) is 20.7 Å². The van der Waals surface area contributed by atoms with E-state index in [1.54, 1.807) is 30.3 Å². The maximum atomic E-state index is 14.1. The van der Waals surface area contributed by atoms with Crippen LogP contribution < -0.4 is 10.5 Å². The summed E-state index contributed by atoms with van der Waals surface area (Å²) in [5, 5.41) is 0. The number of anilines is 1. The Morgan fingerprint density at radius 3 is 2.45 bits per heavy atom. The summed E-state index contributed by atoms with van der Waals surface area (Å²) in [6, 6.07) is 10.9. The number of halogens is 2. The molecular weight excluding hydrogens is 347 g/mol. The highest BCUT2D eigenvalue weighted by molar-refractivity contribution is 9.10. The molecule has 0 spiro atoms. The molecule has 3 N–H and O–H groups in total. The van der Waals surface area contributed by atoms with Gasteiger partial charge in [0.1, 0.15) is 10.7 Å². The summed E-state index contributed by atoms with van der Waals surface area (Å²) >= 11 is 3.15. The molecule has 0 bridgehead atoms. The van der Waals surface area contributed by atoms with E-state index in [9.17, 15) is 12.8 Å². The first-order chi connectivity index (χ1) is 9.44. The molecule has 0 atom stereocenters. The monoisotopic (exact) mass is 358 g/mol. The first-order valence-corrected chi connectivity index (χ1v) is 7.97. The molecule has 0 aliphatic heterocycles. The van der Waals surface area contributed by atoms with Crippen molar-refractivity contribution in [2.24, 2.45) is 5.73 Å². The van der Waals surface area contributed by atoms with Crippen molar-refractivity contribution in [3.05, 3.63) is 58.3 Å². The van der Waals surface area contributed by atoms with Gasteiger partial charge >= 0.3 is 0 Å². The molecule has 0 aromatic heterocycles. The molecule has 0 aliphatic rings. The number of hydrogen-bond donors (Lipinski definition) is 2. The molecule has 7 heteroatoms. The lowest BCUT2D eigenvalue weighted by Crippen LogP contribution is -2.16. The lowest BCUT2D eigenvalue weighted by molar-refractivity contribution is 0.560. The molecule has 4 nitrogen and oxygen atoms in total. The fourth-order valence-electron chi connectivity index (χ4n) is 1.68. The number of sulfonamides is 1. The average Bonchev–Trinajstić information content (AvgIpc) is 2.41. The zero-order chi connectivity index (χ0) is 14.8. The highest BCUT2D eigenvalue weighted by Gasteiger charge is 2.22. The Bertz CT molecular complexity index is 721. The number of para-hydroxylation sites is 1. The highest BCUT2D eigenvalue weighted by atomic mass is 79.9. The minimum absolute atomic E-state index is 0.0842. The van der Waals surface area contributed by atoms with Gasteiger partial charge in [0.2, 0.25) is 0 Å². The van der Waals surface area contributed by atoms with Gasteiger partial charge in [0.25, 0.3) is 10.0 Å². The minimum Gasteiger partial charge on any atom is -0.326 e. The third-order valence-electron chi connectivity index (χ3n) is 2.61. The van der Waals surface area contributed by atoms with E-state index < -0.39 is 20.7 Å². The molecule has 2 aromatic rings. The molecule has 0 heterocycles. The first kappa shape index (κ1) is 15.0. The van der Waals surface area contributed by atoms with Crippen molar-refractivity contribution >= 4 is 31.6 Å². The zero-order valence-electron chi connectivity index (χ0n) is 10.3. The van der Waals surface area contributed by atoms with Crippen LogP contribution in [0.2, 0.25) is 0 Å². The van der Waals surface area contributed by atoms with Crippen LogP contribution in [0.25, 0.3) is 0 Å². The third-order valence-corrected chi connectivity index (χ3v) is 4.45. The number of hydrogen-bond acceptors (Lipinski definition) is 3. The summed E-state index contributed by atoms with van der Waals surface area (Å²) in [6.45, 7) is -0.0842. The predicted molar refractivity (Wildman–Crippen MR) is 79.2 cm³/mol. The molecule has 0 aliphatic carbocycles. The molecule has 0 amide bonds. The van der Waals surface area contributed by atoms with Gasteiger partial charge in [0, 0.05) is 22.3 Å². The van der Waals surface area contributed by atoms with E-state index in [1.165, 1.54) is 12.1 Å². The van der Waals surface area contributed by atoms with Gasteiger partial charge < -0.3 is 5.73 Å². The summed E-state index contributed by atoms with van der Waals surface area (Å²) in [7, 11) is -4.01. The van der Waals surface area contributed by atoms with Crippen LogP contribution in [0.5, 0.6) is 0 Å². The van der Waals surface area contributed by atoms with Crippen LogP contribution in [0, 0.1) is 5.82 Å². The molecule has 0 fully saturated rings. The maximum absolute atomic E-state index is 14.1. The van der Waals surface area contributed by atoms with Gasteiger partial charge in [-0.2, -0.15) is 0 Å². The summed E-state index contributed by atoms with van der Waals surface area (Å²) in [5.41, 5.74) is 5.90. The average molecular weight is 359 g/mol. The van der Waals surface area contributed by atoms with Crippen LogP contribution in [0.15, 0.2) is 51.8 Å². The number of rotatable bonds is 4. The van der Waals surface area contributed by atoms with Gasteiger partial charge in [0.15, 0.2) is 0 Å². The Kier molecular flexibility index (Phi) is 4.42. The summed E-state index contributed by atoms with van der Waals surface area (Å²) in [6.07, 6.45) is 0. The Balaban J connectivity index is 2.47. The second kappa shape index (κ2) is 5.90. The number of nitrogens with one attached hydrogen (secondary N) is 1. The van der Waals surface area contributed by atoms with Crippen molar-refractivity contribution < 1.29 is 12.8 Å². The molecule has 0 saturated carbocycles. The van der Waals surface area contributed by atoms with E-state index in [0.717, 1.165) is 0 Å². The normalized spacial score (nSPS) is 11.3. The second-order valence-corrected chi connectivity index (χ2v) is 6.62. The first-order valence-electron chi connectivity index (χ1n) is 5.70. The molecule has 2 rings (SSSR count). The van der Waals surface area contributed by atoms with Gasteiger partial charge in [-0.15, -0.1) is 0 Å². The van der Waals surface area contributed by atoms with Crippen molar-refractivity contribution in [2.75, 3.05) is 4.72 Å². The van der Waals surface area contributed by atoms with Crippen molar-refractivity contribution in [3.63, 3.8) is 0 Å². The van der Waals surface area contributed by atoms with Crippen LogP contribution in [0.1, 0.15) is 5.56 Å². The quantitative estimate of drug-likeness (QED) is 0.882. The Labute approximate surface area is 125 Å². The van der Waals surface area contributed by atoms with Gasteiger partial charge in [-0.1, -0.05) is 34.1 Å². The van der Waals surface area contributed by atoms with E-state index in [0.29, 0.717) is 10.2 Å². The van der Waals surface area contributed by atoms with Crippen molar-refractivity contribution in [1.29, 1.82) is 0 Å². The number of benzene rings is 2. The lowest BCUT2D eigenvalue weighted by atomic mass is 10.2. The van der Waals surface area contributed by atoms with Crippen molar-refractivity contribution in [1.82, 2.24) is 0 Å². The van der Waals surface area contributed by atoms with Crippen LogP contribution in [0.4, 0.5) is 10.1 Å². The molecule has 106 valence electrons. The van der Waals surface area contributed by atoms with Gasteiger partial charge in [0.05, 0.1) is 0 Å². The van der Waals surface area contributed by atoms with Crippen LogP contribution in [-0.4, -0.2) is 8.42 Å². The summed E-state index contributed by atoms with van der Waals surface area (Å²) in [4.78, 5) is -0.434. The van der Waals surface area contributed by atoms with E-state index in [1.807, 2.05) is 0 Å². The molecule has 0 radical (unpaired) electrons. The topological polar surface area (TPSA) is 72.2 Å². The largest absolute Gasteiger partial charge is 0.326 e. The standard InChI is InChI=1S/C13H12BrFN2O2S/c14-10-6-9(8-16)13(15)12(7-10)20(18,19)17-11-4-2-1-3-5-11/h1-7,17H,8,16H2. The van der Waals surface area contributed by atoms with Crippen molar-refractivity contribution in [3.8, 4) is 0 Å². The van der Waals surface area contributed by atoms with Gasteiger partial charge in [-0.25, -0.2) is 12.8 Å². The molecule has 0 unspecified atom stereocenters. The van der Waals surface area contributed by atoms with E-state index in [4.69, 9.17) is 5.73 Å². The van der Waals surface area contributed by atoms with Crippen LogP contribution >= 0.6 is 15.9 Å². The Hall–Kier alpha value is -1.44. The van der Waals surface area contributed by atoms with Gasteiger partial charge in [-0.3, -0.25) is 4.72 Å². The summed E-state index contributed by atoms with van der Waals surface area (Å²) < 4.78 is 41.4. The third kappa shape index (κ3) is 3.17. The van der Waals surface area contributed by atoms with Gasteiger partial charge in [-0.05, 0) is 24.3 Å². The molecular formula is C13H12BrFN2O2S. The Morgan fingerprint density at radius 2 is 1.85 bits per heavy atom. The summed E-state index contributed by atoms with van der Waals surface area (Å²) in [5.74, 6) is -0.834. The predicted octanol–water partition coefficient (Wildman–Crippen LogP) is 2.85. The van der Waals surface area contributed by atoms with Crippen molar-refractivity contribution in [2.45, 2.75) is 11.4 Å². The maximum Gasteiger partial charge on any atom is 0.264 e. The fraction of sp³-hybridized carbons (Fsp3) is 0.0769. The Morgan fingerprint density at radius 1 is 1.20 bits per heavy atom. The smallest absolute Gasteiger partial charge is 0.264 e. The number of nitrogens with two attached hydrogens (primary N) is 1. The molecule has 20 heavy (non-hydrogen) atoms. The zero-order valence-corrected chi connectivity index (χ0v) is 12.7.